The van der Waals surface area contributed by atoms with Gasteiger partial charge in [0.15, 0.2) is 11.6 Å². The molecule has 6 nitrogen and oxygen atoms in total. The Morgan fingerprint density at radius 2 is 2.16 bits per heavy atom. The monoisotopic (exact) mass is 267 g/mol. The Hall–Kier alpha value is -0.980. The van der Waals surface area contributed by atoms with Crippen LogP contribution in [0.5, 0.6) is 0 Å². The first kappa shape index (κ1) is 13.0. The van der Waals surface area contributed by atoms with Crippen LogP contribution in [0, 0.1) is 12.8 Å². The van der Waals surface area contributed by atoms with Crippen LogP contribution in [0.15, 0.2) is 4.52 Å². The molecule has 2 fully saturated rings. The van der Waals surface area contributed by atoms with Crippen molar-refractivity contribution in [2.75, 3.05) is 26.3 Å². The van der Waals surface area contributed by atoms with E-state index in [0.717, 1.165) is 25.9 Å². The van der Waals surface area contributed by atoms with Crippen molar-refractivity contribution in [3.8, 4) is 0 Å². The minimum Gasteiger partial charge on any atom is -0.347 e. The van der Waals surface area contributed by atoms with E-state index in [1.54, 1.807) is 0 Å². The van der Waals surface area contributed by atoms with Gasteiger partial charge in [-0.05, 0) is 33.2 Å². The molecule has 0 bridgehead atoms. The summed E-state index contributed by atoms with van der Waals surface area (Å²) in [5.74, 6) is 1.38. The predicted molar refractivity (Wildman–Crippen MR) is 67.3 cm³/mol. The van der Waals surface area contributed by atoms with Crippen LogP contribution in [0.2, 0.25) is 0 Å². The van der Waals surface area contributed by atoms with E-state index < -0.39 is 5.79 Å². The molecule has 3 heterocycles. The number of ether oxygens (including phenoxy) is 2. The molecule has 0 N–H and O–H groups in total. The van der Waals surface area contributed by atoms with Crippen LogP contribution in [0.1, 0.15) is 31.5 Å². The average molecular weight is 267 g/mol. The lowest BCUT2D eigenvalue weighted by Gasteiger charge is -2.39. The summed E-state index contributed by atoms with van der Waals surface area (Å²) in [6, 6.07) is 0. The summed E-state index contributed by atoms with van der Waals surface area (Å²) >= 11 is 0. The summed E-state index contributed by atoms with van der Waals surface area (Å²) in [6.07, 6.45) is 2.30. The van der Waals surface area contributed by atoms with E-state index in [9.17, 15) is 0 Å². The molecule has 106 valence electrons. The van der Waals surface area contributed by atoms with E-state index in [4.69, 9.17) is 14.0 Å². The first-order chi connectivity index (χ1) is 9.16. The van der Waals surface area contributed by atoms with E-state index in [2.05, 4.69) is 22.0 Å². The first-order valence-electron chi connectivity index (χ1n) is 6.95. The van der Waals surface area contributed by atoms with Crippen LogP contribution in [0.3, 0.4) is 0 Å². The molecule has 0 amide bonds. The molecular weight excluding hydrogens is 246 g/mol. The molecule has 2 aliphatic rings. The zero-order valence-corrected chi connectivity index (χ0v) is 11.6. The van der Waals surface area contributed by atoms with Gasteiger partial charge in [-0.2, -0.15) is 4.98 Å². The number of hydrogen-bond acceptors (Lipinski definition) is 6. The lowest BCUT2D eigenvalue weighted by molar-refractivity contribution is -0.192. The maximum absolute atomic E-state index is 5.78. The van der Waals surface area contributed by atoms with Crippen molar-refractivity contribution >= 4 is 0 Å². The smallest absolute Gasteiger partial charge is 0.240 e. The molecule has 6 heteroatoms. The molecular formula is C13H21N3O3. The Morgan fingerprint density at radius 3 is 2.84 bits per heavy atom. The van der Waals surface area contributed by atoms with E-state index in [-0.39, 0.29) is 0 Å². The summed E-state index contributed by atoms with van der Waals surface area (Å²) in [7, 11) is 0. The van der Waals surface area contributed by atoms with Gasteiger partial charge in [-0.3, -0.25) is 4.90 Å². The van der Waals surface area contributed by atoms with Gasteiger partial charge in [0.05, 0.1) is 19.8 Å². The van der Waals surface area contributed by atoms with Crippen LogP contribution >= 0.6 is 0 Å². The highest BCUT2D eigenvalue weighted by Crippen LogP contribution is 2.34. The van der Waals surface area contributed by atoms with E-state index in [0.29, 0.717) is 37.4 Å². The van der Waals surface area contributed by atoms with Crippen molar-refractivity contribution < 1.29 is 14.0 Å². The van der Waals surface area contributed by atoms with Gasteiger partial charge in [-0.15, -0.1) is 0 Å². The van der Waals surface area contributed by atoms with Crippen molar-refractivity contribution in [1.29, 1.82) is 0 Å². The fourth-order valence-electron chi connectivity index (χ4n) is 2.99. The molecule has 1 aromatic rings. The summed E-state index contributed by atoms with van der Waals surface area (Å²) in [5.41, 5.74) is 0. The van der Waals surface area contributed by atoms with Crippen LogP contribution in [-0.4, -0.2) is 47.1 Å². The molecule has 3 rings (SSSR count). The second-order valence-corrected chi connectivity index (χ2v) is 5.52. The van der Waals surface area contributed by atoms with Gasteiger partial charge in [-0.25, -0.2) is 0 Å². The van der Waals surface area contributed by atoms with Gasteiger partial charge in [0.25, 0.3) is 0 Å². The zero-order chi connectivity index (χ0) is 13.3. The van der Waals surface area contributed by atoms with Crippen molar-refractivity contribution in [1.82, 2.24) is 15.0 Å². The van der Waals surface area contributed by atoms with E-state index in [1.165, 1.54) is 0 Å². The summed E-state index contributed by atoms with van der Waals surface area (Å²) in [6.45, 7) is 8.04. The highest BCUT2D eigenvalue weighted by atomic mass is 16.7. The average Bonchev–Trinajstić information content (AvgIpc) is 3.00. The molecule has 1 atom stereocenters. The molecule has 19 heavy (non-hydrogen) atoms. The number of nitrogens with zero attached hydrogens (tertiary/aromatic N) is 3. The minimum absolute atomic E-state index is 0.410. The summed E-state index contributed by atoms with van der Waals surface area (Å²) in [4.78, 5) is 6.61. The van der Waals surface area contributed by atoms with Crippen LogP contribution < -0.4 is 0 Å². The second kappa shape index (κ2) is 5.19. The van der Waals surface area contributed by atoms with E-state index in [1.807, 2.05) is 6.92 Å². The summed E-state index contributed by atoms with van der Waals surface area (Å²) in [5, 5.41) is 3.83. The van der Waals surface area contributed by atoms with Crippen LogP contribution in [-0.2, 0) is 16.0 Å². The topological polar surface area (TPSA) is 60.6 Å². The molecule has 1 aromatic heterocycles. The molecule has 0 radical (unpaired) electrons. The van der Waals surface area contributed by atoms with Gasteiger partial charge >= 0.3 is 0 Å². The number of rotatable bonds is 3. The van der Waals surface area contributed by atoms with Gasteiger partial charge in [0, 0.05) is 12.5 Å². The number of piperidine rings is 1. The highest BCUT2D eigenvalue weighted by Gasteiger charge is 2.41. The quantitative estimate of drug-likeness (QED) is 0.824. The Morgan fingerprint density at radius 1 is 1.37 bits per heavy atom. The lowest BCUT2D eigenvalue weighted by atomic mass is 9.90. The molecule has 2 saturated heterocycles. The molecule has 0 saturated carbocycles. The normalized spacial score (nSPS) is 27.8. The van der Waals surface area contributed by atoms with E-state index >= 15 is 0 Å². The fraction of sp³-hybridized carbons (Fsp3) is 0.846. The largest absolute Gasteiger partial charge is 0.347 e. The molecule has 0 aliphatic carbocycles. The third-order valence-electron chi connectivity index (χ3n) is 4.04. The van der Waals surface area contributed by atoms with Crippen molar-refractivity contribution in [2.45, 2.75) is 39.0 Å². The zero-order valence-electron chi connectivity index (χ0n) is 11.6. The second-order valence-electron chi connectivity index (χ2n) is 5.52. The Labute approximate surface area is 113 Å². The van der Waals surface area contributed by atoms with Gasteiger partial charge in [-0.1, -0.05) is 5.16 Å². The minimum atomic E-state index is -0.413. The van der Waals surface area contributed by atoms with Crippen molar-refractivity contribution in [3.63, 3.8) is 0 Å². The molecule has 1 unspecified atom stereocenters. The standard InChI is InChI=1S/C13H21N3O3/c1-10-14-12(19-15-10)9-16-5-3-4-11(8-16)13(2)17-6-7-18-13/h11H,3-9H2,1-2H3. The van der Waals surface area contributed by atoms with Crippen LogP contribution in [0.4, 0.5) is 0 Å². The number of likely N-dealkylation sites (tertiary alicyclic amines) is 1. The molecule has 0 spiro atoms. The predicted octanol–water partition coefficient (Wildman–Crippen LogP) is 1.35. The highest BCUT2D eigenvalue weighted by molar-refractivity contribution is 4.88. The Balaban J connectivity index is 1.61. The van der Waals surface area contributed by atoms with Crippen LogP contribution in [0.25, 0.3) is 0 Å². The number of aryl methyl sites for hydroxylation is 1. The SMILES string of the molecule is Cc1noc(CN2CCCC(C3(C)OCCO3)C2)n1. The van der Waals surface area contributed by atoms with Gasteiger partial charge < -0.3 is 14.0 Å². The fourth-order valence-corrected chi connectivity index (χ4v) is 2.99. The maximum Gasteiger partial charge on any atom is 0.240 e. The van der Waals surface area contributed by atoms with Crippen molar-refractivity contribution in [2.24, 2.45) is 5.92 Å². The third kappa shape index (κ3) is 2.80. The lowest BCUT2D eigenvalue weighted by Crippen LogP contribution is -2.46. The number of hydrogen-bond donors (Lipinski definition) is 0. The summed E-state index contributed by atoms with van der Waals surface area (Å²) < 4.78 is 16.8. The third-order valence-corrected chi connectivity index (χ3v) is 4.04. The first-order valence-corrected chi connectivity index (χ1v) is 6.95. The number of aromatic nitrogens is 2. The van der Waals surface area contributed by atoms with Crippen molar-refractivity contribution in [3.05, 3.63) is 11.7 Å². The molecule has 0 aromatic carbocycles. The maximum atomic E-state index is 5.78. The Bertz CT molecular complexity index is 429. The van der Waals surface area contributed by atoms with Gasteiger partial charge in [0.1, 0.15) is 0 Å². The molecule has 2 aliphatic heterocycles. The Kier molecular flexibility index (Phi) is 3.56. The van der Waals surface area contributed by atoms with Gasteiger partial charge in [0.2, 0.25) is 5.89 Å².